The lowest BCUT2D eigenvalue weighted by molar-refractivity contribution is 0.854. The molecule has 0 radical (unpaired) electrons. The molecule has 1 rings (SSSR count). The Bertz CT molecular complexity index is 293. The Hall–Kier alpha value is -0.560. The fourth-order valence-corrected chi connectivity index (χ4v) is 1.74. The van der Waals surface area contributed by atoms with Crippen LogP contribution in [0, 0.1) is 5.92 Å². The van der Waals surface area contributed by atoms with Crippen LogP contribution in [0.1, 0.15) is 26.3 Å². The van der Waals surface area contributed by atoms with Gasteiger partial charge in [0.05, 0.1) is 0 Å². The van der Waals surface area contributed by atoms with Crippen molar-refractivity contribution >= 4 is 21.5 Å². The summed E-state index contributed by atoms with van der Waals surface area (Å²) < 4.78 is 1.13. The van der Waals surface area contributed by atoms with Gasteiger partial charge in [0.1, 0.15) is 0 Å². The molecule has 0 aromatic heterocycles. The predicted molar refractivity (Wildman–Crippen MR) is 62.6 cm³/mol. The van der Waals surface area contributed by atoms with Gasteiger partial charge in [-0.25, -0.2) is 0 Å². The first-order valence-corrected chi connectivity index (χ1v) is 5.36. The van der Waals surface area contributed by atoms with Crippen LogP contribution in [0.3, 0.4) is 0 Å². The van der Waals surface area contributed by atoms with Gasteiger partial charge in [0.15, 0.2) is 0 Å². The van der Waals surface area contributed by atoms with Crippen molar-refractivity contribution in [2.24, 2.45) is 5.92 Å². The highest BCUT2D eigenvalue weighted by molar-refractivity contribution is 9.10. The van der Waals surface area contributed by atoms with Gasteiger partial charge >= 0.3 is 0 Å². The van der Waals surface area contributed by atoms with Gasteiger partial charge in [0.25, 0.3) is 0 Å². The molecule has 0 fully saturated rings. The Morgan fingerprint density at radius 1 is 1.23 bits per heavy atom. The number of halogens is 1. The van der Waals surface area contributed by atoms with Crippen molar-refractivity contribution in [3.63, 3.8) is 0 Å². The lowest BCUT2D eigenvalue weighted by Crippen LogP contribution is -1.92. The van der Waals surface area contributed by atoms with E-state index in [2.05, 4.69) is 67.0 Å². The summed E-state index contributed by atoms with van der Waals surface area (Å²) in [5, 5.41) is 0. The van der Waals surface area contributed by atoms with Crippen LogP contribution in [0.15, 0.2) is 34.8 Å². The fraction of sp³-hybridized carbons (Fsp3) is 0.333. The van der Waals surface area contributed by atoms with Gasteiger partial charge in [-0.3, -0.25) is 0 Å². The van der Waals surface area contributed by atoms with E-state index in [9.17, 15) is 0 Å². The monoisotopic (exact) mass is 238 g/mol. The van der Waals surface area contributed by atoms with Crippen LogP contribution in [-0.4, -0.2) is 0 Å². The highest BCUT2D eigenvalue weighted by atomic mass is 79.9. The Morgan fingerprint density at radius 3 is 2.15 bits per heavy atom. The summed E-state index contributed by atoms with van der Waals surface area (Å²) >= 11 is 3.43. The minimum atomic E-state index is 0.589. The Balaban J connectivity index is 3.00. The largest absolute Gasteiger partial charge is 0.0836 e. The molecule has 0 bridgehead atoms. The average molecular weight is 239 g/mol. The quantitative estimate of drug-likeness (QED) is 0.712. The van der Waals surface area contributed by atoms with Gasteiger partial charge in [-0.2, -0.15) is 0 Å². The maximum absolute atomic E-state index is 3.43. The zero-order chi connectivity index (χ0) is 9.84. The van der Waals surface area contributed by atoms with Gasteiger partial charge in [-0.05, 0) is 36.1 Å². The van der Waals surface area contributed by atoms with E-state index in [0.717, 1.165) is 4.47 Å². The second-order valence-corrected chi connectivity index (χ2v) is 4.32. The lowest BCUT2D eigenvalue weighted by atomic mass is 9.95. The first-order valence-electron chi connectivity index (χ1n) is 4.57. The molecule has 1 aromatic rings. The van der Waals surface area contributed by atoms with E-state index in [1.165, 1.54) is 11.1 Å². The molecule has 0 nitrogen and oxygen atoms in total. The molecular weight excluding hydrogens is 224 g/mol. The van der Waals surface area contributed by atoms with E-state index in [1.807, 2.05) is 0 Å². The summed E-state index contributed by atoms with van der Waals surface area (Å²) in [7, 11) is 0. The molecule has 70 valence electrons. The molecule has 0 amide bonds. The topological polar surface area (TPSA) is 0 Å². The van der Waals surface area contributed by atoms with Gasteiger partial charge in [-0.1, -0.05) is 48.0 Å². The summed E-state index contributed by atoms with van der Waals surface area (Å²) in [6.07, 6.45) is 2.19. The third-order valence-electron chi connectivity index (χ3n) is 2.11. The highest BCUT2D eigenvalue weighted by Crippen LogP contribution is 2.24. The third-order valence-corrected chi connectivity index (χ3v) is 2.64. The molecule has 0 saturated carbocycles. The maximum atomic E-state index is 3.43. The van der Waals surface area contributed by atoms with Crippen molar-refractivity contribution in [3.8, 4) is 0 Å². The summed E-state index contributed by atoms with van der Waals surface area (Å²) in [5.41, 5.74) is 2.73. The molecule has 0 atom stereocenters. The molecule has 0 heterocycles. The molecular formula is C12H15Br. The van der Waals surface area contributed by atoms with Crippen molar-refractivity contribution in [2.45, 2.75) is 20.8 Å². The second-order valence-electron chi connectivity index (χ2n) is 3.41. The van der Waals surface area contributed by atoms with E-state index in [-0.39, 0.29) is 0 Å². The standard InChI is InChI=1S/C12H15Br/c1-4-12(9(2)3)10-5-7-11(13)8-6-10/h4-9H,1-3H3. The van der Waals surface area contributed by atoms with Gasteiger partial charge in [0.2, 0.25) is 0 Å². The lowest BCUT2D eigenvalue weighted by Gasteiger charge is -2.10. The van der Waals surface area contributed by atoms with Gasteiger partial charge in [-0.15, -0.1) is 0 Å². The van der Waals surface area contributed by atoms with Gasteiger partial charge in [0, 0.05) is 4.47 Å². The summed E-state index contributed by atoms with van der Waals surface area (Å²) in [5.74, 6) is 0.589. The minimum absolute atomic E-state index is 0.589. The van der Waals surface area contributed by atoms with Crippen LogP contribution < -0.4 is 0 Å². The molecule has 13 heavy (non-hydrogen) atoms. The van der Waals surface area contributed by atoms with Crippen LogP contribution in [0.4, 0.5) is 0 Å². The molecule has 0 saturated heterocycles. The fourth-order valence-electron chi connectivity index (χ4n) is 1.48. The zero-order valence-corrected chi connectivity index (χ0v) is 9.93. The van der Waals surface area contributed by atoms with Crippen LogP contribution in [0.2, 0.25) is 0 Å². The number of hydrogen-bond donors (Lipinski definition) is 0. The van der Waals surface area contributed by atoms with E-state index >= 15 is 0 Å². The molecule has 1 aromatic carbocycles. The second kappa shape index (κ2) is 4.61. The molecule has 0 aliphatic carbocycles. The summed E-state index contributed by atoms with van der Waals surface area (Å²) in [4.78, 5) is 0. The zero-order valence-electron chi connectivity index (χ0n) is 8.34. The molecule has 0 unspecified atom stereocenters. The van der Waals surface area contributed by atoms with Crippen LogP contribution in [0.5, 0.6) is 0 Å². The van der Waals surface area contributed by atoms with Crippen molar-refractivity contribution in [2.75, 3.05) is 0 Å². The average Bonchev–Trinajstić information content (AvgIpc) is 2.09. The van der Waals surface area contributed by atoms with Crippen LogP contribution in [-0.2, 0) is 0 Å². The number of allylic oxidation sites excluding steroid dienone is 2. The minimum Gasteiger partial charge on any atom is -0.0836 e. The Labute approximate surface area is 88.8 Å². The van der Waals surface area contributed by atoms with Gasteiger partial charge < -0.3 is 0 Å². The van der Waals surface area contributed by atoms with Crippen molar-refractivity contribution < 1.29 is 0 Å². The van der Waals surface area contributed by atoms with E-state index in [4.69, 9.17) is 0 Å². The number of rotatable bonds is 2. The molecule has 0 spiro atoms. The van der Waals surface area contributed by atoms with Crippen LogP contribution >= 0.6 is 15.9 Å². The van der Waals surface area contributed by atoms with Crippen molar-refractivity contribution in [3.05, 3.63) is 40.4 Å². The molecule has 0 aliphatic heterocycles. The Morgan fingerprint density at radius 2 is 1.77 bits per heavy atom. The summed E-state index contributed by atoms with van der Waals surface area (Å²) in [6, 6.07) is 8.47. The Kier molecular flexibility index (Phi) is 3.73. The highest BCUT2D eigenvalue weighted by Gasteiger charge is 2.04. The molecule has 1 heteroatoms. The number of benzene rings is 1. The molecule has 0 N–H and O–H groups in total. The first-order chi connectivity index (χ1) is 6.15. The first kappa shape index (κ1) is 10.5. The van der Waals surface area contributed by atoms with Crippen molar-refractivity contribution in [1.29, 1.82) is 0 Å². The van der Waals surface area contributed by atoms with Crippen molar-refractivity contribution in [1.82, 2.24) is 0 Å². The van der Waals surface area contributed by atoms with E-state index in [0.29, 0.717) is 5.92 Å². The maximum Gasteiger partial charge on any atom is 0.0175 e. The number of hydrogen-bond acceptors (Lipinski definition) is 0. The third kappa shape index (κ3) is 2.70. The van der Waals surface area contributed by atoms with Crippen LogP contribution in [0.25, 0.3) is 5.57 Å². The SMILES string of the molecule is CC=C(c1ccc(Br)cc1)C(C)C. The predicted octanol–water partition coefficient (Wildman–Crippen LogP) is 4.51. The van der Waals surface area contributed by atoms with E-state index < -0.39 is 0 Å². The molecule has 0 aliphatic rings. The van der Waals surface area contributed by atoms with E-state index in [1.54, 1.807) is 0 Å². The smallest absolute Gasteiger partial charge is 0.0175 e. The summed E-state index contributed by atoms with van der Waals surface area (Å²) in [6.45, 7) is 6.53. The normalized spacial score (nSPS) is 12.2.